The SMILES string of the molecule is CCOCCNCc1ccc2c(c1)CC(C)(C)O2. The van der Waals surface area contributed by atoms with Gasteiger partial charge >= 0.3 is 0 Å². The summed E-state index contributed by atoms with van der Waals surface area (Å²) in [6, 6.07) is 6.47. The van der Waals surface area contributed by atoms with Gasteiger partial charge in [-0.1, -0.05) is 12.1 Å². The molecule has 0 aliphatic carbocycles. The zero-order chi connectivity index (χ0) is 13.0. The van der Waals surface area contributed by atoms with Gasteiger partial charge in [-0.2, -0.15) is 0 Å². The Balaban J connectivity index is 1.85. The Hall–Kier alpha value is -1.06. The van der Waals surface area contributed by atoms with Crippen LogP contribution >= 0.6 is 0 Å². The standard InChI is InChI=1S/C15H23NO2/c1-4-17-8-7-16-11-12-5-6-14-13(9-12)10-15(2,3)18-14/h5-6,9,16H,4,7-8,10-11H2,1-3H3. The van der Waals surface area contributed by atoms with Crippen LogP contribution in [0, 0.1) is 0 Å². The van der Waals surface area contributed by atoms with Crippen molar-refractivity contribution in [2.75, 3.05) is 19.8 Å². The van der Waals surface area contributed by atoms with Crippen LogP contribution in [0.4, 0.5) is 0 Å². The normalized spacial score (nSPS) is 16.4. The maximum atomic E-state index is 5.87. The highest BCUT2D eigenvalue weighted by Crippen LogP contribution is 2.35. The fraction of sp³-hybridized carbons (Fsp3) is 0.600. The van der Waals surface area contributed by atoms with Crippen LogP contribution in [-0.2, 0) is 17.7 Å². The number of ether oxygens (including phenoxy) is 2. The van der Waals surface area contributed by atoms with E-state index in [-0.39, 0.29) is 5.60 Å². The molecule has 100 valence electrons. The predicted octanol–water partition coefficient (Wildman–Crippen LogP) is 2.53. The molecule has 0 saturated carbocycles. The summed E-state index contributed by atoms with van der Waals surface area (Å²) < 4.78 is 11.2. The number of nitrogens with one attached hydrogen (secondary N) is 1. The van der Waals surface area contributed by atoms with Crippen molar-refractivity contribution in [3.05, 3.63) is 29.3 Å². The summed E-state index contributed by atoms with van der Waals surface area (Å²) in [7, 11) is 0. The maximum absolute atomic E-state index is 5.87. The molecule has 0 atom stereocenters. The van der Waals surface area contributed by atoms with E-state index in [1.165, 1.54) is 11.1 Å². The van der Waals surface area contributed by atoms with Gasteiger partial charge in [0.15, 0.2) is 0 Å². The fourth-order valence-electron chi connectivity index (χ4n) is 2.29. The van der Waals surface area contributed by atoms with Crippen LogP contribution in [0.3, 0.4) is 0 Å². The molecule has 1 aliphatic rings. The van der Waals surface area contributed by atoms with E-state index in [0.717, 1.165) is 38.5 Å². The third-order valence-electron chi connectivity index (χ3n) is 3.08. The molecule has 0 spiro atoms. The quantitative estimate of drug-likeness (QED) is 0.786. The third-order valence-corrected chi connectivity index (χ3v) is 3.08. The van der Waals surface area contributed by atoms with E-state index in [2.05, 4.69) is 37.4 Å². The van der Waals surface area contributed by atoms with Crippen molar-refractivity contribution in [3.63, 3.8) is 0 Å². The Kier molecular flexibility index (Phi) is 4.25. The second-order valence-electron chi connectivity index (χ2n) is 5.35. The molecule has 3 nitrogen and oxygen atoms in total. The first-order chi connectivity index (χ1) is 8.61. The van der Waals surface area contributed by atoms with Gasteiger partial charge in [0, 0.05) is 26.1 Å². The van der Waals surface area contributed by atoms with Crippen molar-refractivity contribution >= 4 is 0 Å². The van der Waals surface area contributed by atoms with Gasteiger partial charge in [0.1, 0.15) is 11.4 Å². The average Bonchev–Trinajstić information content (AvgIpc) is 2.62. The molecule has 1 heterocycles. The van der Waals surface area contributed by atoms with Crippen molar-refractivity contribution in [2.45, 2.75) is 39.3 Å². The van der Waals surface area contributed by atoms with Crippen LogP contribution in [0.5, 0.6) is 5.75 Å². The fourth-order valence-corrected chi connectivity index (χ4v) is 2.29. The molecule has 1 N–H and O–H groups in total. The molecule has 3 heteroatoms. The Morgan fingerprint density at radius 2 is 2.22 bits per heavy atom. The van der Waals surface area contributed by atoms with Gasteiger partial charge in [-0.25, -0.2) is 0 Å². The Morgan fingerprint density at radius 3 is 3.00 bits per heavy atom. The number of hydrogen-bond acceptors (Lipinski definition) is 3. The first-order valence-electron chi connectivity index (χ1n) is 6.70. The molecule has 0 fully saturated rings. The average molecular weight is 249 g/mol. The largest absolute Gasteiger partial charge is 0.487 e. The van der Waals surface area contributed by atoms with Crippen LogP contribution in [0.25, 0.3) is 0 Å². The minimum absolute atomic E-state index is 0.0522. The van der Waals surface area contributed by atoms with Crippen LogP contribution in [0.15, 0.2) is 18.2 Å². The summed E-state index contributed by atoms with van der Waals surface area (Å²) in [5.41, 5.74) is 2.58. The highest BCUT2D eigenvalue weighted by atomic mass is 16.5. The first-order valence-corrected chi connectivity index (χ1v) is 6.70. The van der Waals surface area contributed by atoms with Gasteiger partial charge < -0.3 is 14.8 Å². The highest BCUT2D eigenvalue weighted by Gasteiger charge is 2.29. The van der Waals surface area contributed by atoms with Crippen molar-refractivity contribution in [1.29, 1.82) is 0 Å². The van der Waals surface area contributed by atoms with Gasteiger partial charge in [0.2, 0.25) is 0 Å². The molecule has 0 unspecified atom stereocenters. The molecule has 0 saturated heterocycles. The topological polar surface area (TPSA) is 30.5 Å². The lowest BCUT2D eigenvalue weighted by molar-refractivity contribution is 0.138. The van der Waals surface area contributed by atoms with Crippen LogP contribution in [0.2, 0.25) is 0 Å². The molecule has 0 radical (unpaired) electrons. The van der Waals surface area contributed by atoms with Crippen LogP contribution < -0.4 is 10.1 Å². The predicted molar refractivity (Wildman–Crippen MR) is 73.1 cm³/mol. The second kappa shape index (κ2) is 5.72. The van der Waals surface area contributed by atoms with Crippen molar-refractivity contribution in [1.82, 2.24) is 5.32 Å². The summed E-state index contributed by atoms with van der Waals surface area (Å²) in [6.45, 7) is 9.63. The molecule has 0 amide bonds. The number of benzene rings is 1. The monoisotopic (exact) mass is 249 g/mol. The number of rotatable bonds is 6. The number of hydrogen-bond donors (Lipinski definition) is 1. The summed E-state index contributed by atoms with van der Waals surface area (Å²) in [6.07, 6.45) is 0.995. The lowest BCUT2D eigenvalue weighted by Gasteiger charge is -2.16. The van der Waals surface area contributed by atoms with Crippen LogP contribution in [0.1, 0.15) is 31.9 Å². The molecular formula is C15H23NO2. The molecular weight excluding hydrogens is 226 g/mol. The number of fused-ring (bicyclic) bond motifs is 1. The van der Waals surface area contributed by atoms with Gasteiger partial charge in [-0.15, -0.1) is 0 Å². The molecule has 1 aromatic rings. The Morgan fingerprint density at radius 1 is 1.39 bits per heavy atom. The molecule has 0 bridgehead atoms. The molecule has 0 aromatic heterocycles. The highest BCUT2D eigenvalue weighted by molar-refractivity contribution is 5.41. The van der Waals surface area contributed by atoms with Gasteiger partial charge in [-0.05, 0) is 38.0 Å². The van der Waals surface area contributed by atoms with E-state index in [1.54, 1.807) is 0 Å². The van der Waals surface area contributed by atoms with Crippen molar-refractivity contribution in [2.24, 2.45) is 0 Å². The van der Waals surface area contributed by atoms with Crippen molar-refractivity contribution < 1.29 is 9.47 Å². The van der Waals surface area contributed by atoms with Gasteiger partial charge in [0.05, 0.1) is 6.61 Å². The van der Waals surface area contributed by atoms with E-state index in [9.17, 15) is 0 Å². The van der Waals surface area contributed by atoms with Crippen molar-refractivity contribution in [3.8, 4) is 5.75 Å². The molecule has 2 rings (SSSR count). The lowest BCUT2D eigenvalue weighted by atomic mass is 10.0. The smallest absolute Gasteiger partial charge is 0.123 e. The van der Waals surface area contributed by atoms with E-state index in [0.29, 0.717) is 0 Å². The summed E-state index contributed by atoms with van der Waals surface area (Å²) in [5.74, 6) is 1.04. The van der Waals surface area contributed by atoms with E-state index < -0.39 is 0 Å². The summed E-state index contributed by atoms with van der Waals surface area (Å²) >= 11 is 0. The zero-order valence-corrected chi connectivity index (χ0v) is 11.6. The van der Waals surface area contributed by atoms with E-state index in [1.807, 2.05) is 6.92 Å². The Labute approximate surface area is 109 Å². The first kappa shape index (κ1) is 13.4. The second-order valence-corrected chi connectivity index (χ2v) is 5.35. The van der Waals surface area contributed by atoms with Gasteiger partial charge in [0.25, 0.3) is 0 Å². The molecule has 18 heavy (non-hydrogen) atoms. The lowest BCUT2D eigenvalue weighted by Crippen LogP contribution is -2.24. The van der Waals surface area contributed by atoms with Crippen LogP contribution in [-0.4, -0.2) is 25.4 Å². The zero-order valence-electron chi connectivity index (χ0n) is 11.6. The minimum atomic E-state index is -0.0522. The van der Waals surface area contributed by atoms with E-state index in [4.69, 9.17) is 9.47 Å². The van der Waals surface area contributed by atoms with E-state index >= 15 is 0 Å². The minimum Gasteiger partial charge on any atom is -0.487 e. The summed E-state index contributed by atoms with van der Waals surface area (Å²) in [4.78, 5) is 0. The molecule has 1 aromatic carbocycles. The summed E-state index contributed by atoms with van der Waals surface area (Å²) in [5, 5.41) is 3.38. The molecule has 1 aliphatic heterocycles. The van der Waals surface area contributed by atoms with Gasteiger partial charge in [-0.3, -0.25) is 0 Å². The maximum Gasteiger partial charge on any atom is 0.123 e. The third kappa shape index (κ3) is 3.47. The Bertz CT molecular complexity index is 401.